The molecule has 120 valence electrons. The van der Waals surface area contributed by atoms with Crippen LogP contribution in [0, 0.1) is 5.92 Å². The molecule has 0 saturated heterocycles. The maximum Gasteiger partial charge on any atom is 0.0628 e. The molecular weight excluding hydrogens is 250 g/mol. The van der Waals surface area contributed by atoms with Gasteiger partial charge in [-0.3, -0.25) is 0 Å². The summed E-state index contributed by atoms with van der Waals surface area (Å²) in [5.41, 5.74) is -0.102. The maximum atomic E-state index is 10.0. The molecule has 1 fully saturated rings. The fraction of sp³-hybridized carbons (Fsp3) is 1.00. The van der Waals surface area contributed by atoms with Crippen molar-refractivity contribution in [2.45, 2.75) is 51.6 Å². The van der Waals surface area contributed by atoms with Crippen LogP contribution in [0.5, 0.6) is 0 Å². The summed E-state index contributed by atoms with van der Waals surface area (Å²) in [7, 11) is 4.24. The molecule has 1 aliphatic carbocycles. The van der Waals surface area contributed by atoms with E-state index in [0.717, 1.165) is 26.2 Å². The van der Waals surface area contributed by atoms with Crippen LogP contribution in [-0.4, -0.2) is 73.4 Å². The van der Waals surface area contributed by atoms with Crippen molar-refractivity contribution in [2.24, 2.45) is 5.92 Å². The van der Waals surface area contributed by atoms with Crippen LogP contribution >= 0.6 is 0 Å². The molecule has 4 heteroatoms. The second kappa shape index (κ2) is 8.32. The molecular formula is C16H35N3O. The molecule has 4 nitrogen and oxygen atoms in total. The van der Waals surface area contributed by atoms with Crippen molar-refractivity contribution in [3.63, 3.8) is 0 Å². The summed E-state index contributed by atoms with van der Waals surface area (Å²) in [6.07, 6.45) is 3.68. The van der Waals surface area contributed by atoms with Crippen LogP contribution < -0.4 is 5.32 Å². The Balaban J connectivity index is 2.67. The molecule has 0 aromatic heterocycles. The van der Waals surface area contributed by atoms with Crippen molar-refractivity contribution in [3.05, 3.63) is 0 Å². The molecule has 1 atom stereocenters. The van der Waals surface area contributed by atoms with Gasteiger partial charge < -0.3 is 20.2 Å². The summed E-state index contributed by atoms with van der Waals surface area (Å²) in [4.78, 5) is 4.75. The van der Waals surface area contributed by atoms with Gasteiger partial charge in [-0.2, -0.15) is 0 Å². The van der Waals surface area contributed by atoms with Gasteiger partial charge in [-0.1, -0.05) is 20.8 Å². The van der Waals surface area contributed by atoms with Crippen LogP contribution in [-0.2, 0) is 0 Å². The Morgan fingerprint density at radius 1 is 1.20 bits per heavy atom. The molecule has 1 unspecified atom stereocenters. The average Bonchev–Trinajstić information content (AvgIpc) is 3.19. The molecule has 1 aliphatic rings. The molecule has 0 aliphatic heterocycles. The van der Waals surface area contributed by atoms with Gasteiger partial charge in [0.2, 0.25) is 0 Å². The third-order valence-corrected chi connectivity index (χ3v) is 4.13. The maximum absolute atomic E-state index is 10.0. The highest BCUT2D eigenvalue weighted by Crippen LogP contribution is 2.40. The lowest BCUT2D eigenvalue weighted by atomic mass is 9.92. The monoisotopic (exact) mass is 285 g/mol. The lowest BCUT2D eigenvalue weighted by molar-refractivity contribution is 0.0804. The minimum Gasteiger partial charge on any atom is -0.394 e. The first-order chi connectivity index (χ1) is 9.43. The van der Waals surface area contributed by atoms with E-state index in [2.05, 4.69) is 50.0 Å². The molecule has 0 heterocycles. The smallest absolute Gasteiger partial charge is 0.0628 e. The Hall–Kier alpha value is -0.160. The van der Waals surface area contributed by atoms with Crippen molar-refractivity contribution >= 4 is 0 Å². The number of aliphatic hydroxyl groups excluding tert-OH is 1. The van der Waals surface area contributed by atoms with Gasteiger partial charge in [0.1, 0.15) is 0 Å². The van der Waals surface area contributed by atoms with Gasteiger partial charge in [-0.05, 0) is 45.8 Å². The Labute approximate surface area is 125 Å². The molecule has 2 N–H and O–H groups in total. The van der Waals surface area contributed by atoms with Crippen molar-refractivity contribution in [2.75, 3.05) is 46.9 Å². The van der Waals surface area contributed by atoms with E-state index in [9.17, 15) is 5.11 Å². The summed E-state index contributed by atoms with van der Waals surface area (Å²) in [6.45, 7) is 11.1. The largest absolute Gasteiger partial charge is 0.394 e. The van der Waals surface area contributed by atoms with Crippen molar-refractivity contribution in [1.82, 2.24) is 15.1 Å². The number of likely N-dealkylation sites (N-methyl/N-ethyl adjacent to an activating group) is 1. The third kappa shape index (κ3) is 5.68. The number of nitrogens with one attached hydrogen (secondary N) is 1. The number of rotatable bonds is 11. The molecule has 1 saturated carbocycles. The molecule has 1 rings (SSSR count). The van der Waals surface area contributed by atoms with E-state index >= 15 is 0 Å². The Kier molecular flexibility index (Phi) is 7.45. The standard InChI is InChI=1S/C16H35N3O/c1-6-9-19(11-10-18(4)5)12-16(13-20,15-7-8-15)17-14(2)3/h14-15,17,20H,6-13H2,1-5H3. The minimum absolute atomic E-state index is 0.102. The third-order valence-electron chi connectivity index (χ3n) is 4.13. The molecule has 0 spiro atoms. The van der Waals surface area contributed by atoms with Crippen LogP contribution in [0.15, 0.2) is 0 Å². The van der Waals surface area contributed by atoms with Gasteiger partial charge >= 0.3 is 0 Å². The van der Waals surface area contributed by atoms with Gasteiger partial charge in [0.05, 0.1) is 12.1 Å². The second-order valence-corrected chi connectivity index (χ2v) is 6.97. The highest BCUT2D eigenvalue weighted by Gasteiger charge is 2.45. The average molecular weight is 285 g/mol. The topological polar surface area (TPSA) is 38.7 Å². The quantitative estimate of drug-likeness (QED) is 0.602. The SMILES string of the molecule is CCCN(CCN(C)C)CC(CO)(NC(C)C)C1CC1. The first-order valence-electron chi connectivity index (χ1n) is 8.19. The van der Waals surface area contributed by atoms with Crippen LogP contribution in [0.3, 0.4) is 0 Å². The molecule has 0 aromatic carbocycles. The zero-order chi connectivity index (χ0) is 15.2. The lowest BCUT2D eigenvalue weighted by Crippen LogP contribution is -2.60. The van der Waals surface area contributed by atoms with Gasteiger partial charge in [0, 0.05) is 25.7 Å². The highest BCUT2D eigenvalue weighted by molar-refractivity contribution is 5.03. The zero-order valence-corrected chi connectivity index (χ0v) is 14.2. The van der Waals surface area contributed by atoms with Crippen LogP contribution in [0.2, 0.25) is 0 Å². The Morgan fingerprint density at radius 3 is 2.25 bits per heavy atom. The van der Waals surface area contributed by atoms with Crippen LogP contribution in [0.25, 0.3) is 0 Å². The first kappa shape index (κ1) is 17.9. The fourth-order valence-corrected chi connectivity index (χ4v) is 3.05. The Morgan fingerprint density at radius 2 is 1.85 bits per heavy atom. The zero-order valence-electron chi connectivity index (χ0n) is 14.2. The predicted molar refractivity (Wildman–Crippen MR) is 86.1 cm³/mol. The molecule has 0 radical (unpaired) electrons. The van der Waals surface area contributed by atoms with Gasteiger partial charge in [0.25, 0.3) is 0 Å². The van der Waals surface area contributed by atoms with Crippen molar-refractivity contribution in [1.29, 1.82) is 0 Å². The van der Waals surface area contributed by atoms with Crippen LogP contribution in [0.4, 0.5) is 0 Å². The second-order valence-electron chi connectivity index (χ2n) is 6.97. The molecule has 0 aromatic rings. The van der Waals surface area contributed by atoms with Gasteiger partial charge in [-0.25, -0.2) is 0 Å². The normalized spacial score (nSPS) is 19.1. The fourth-order valence-electron chi connectivity index (χ4n) is 3.05. The summed E-state index contributed by atoms with van der Waals surface area (Å²) in [5.74, 6) is 0.647. The number of hydrogen-bond acceptors (Lipinski definition) is 4. The summed E-state index contributed by atoms with van der Waals surface area (Å²) in [5, 5.41) is 13.7. The number of nitrogens with zero attached hydrogens (tertiary/aromatic N) is 2. The van der Waals surface area contributed by atoms with E-state index in [1.807, 2.05) is 0 Å². The molecule has 0 amide bonds. The molecule has 20 heavy (non-hydrogen) atoms. The van der Waals surface area contributed by atoms with E-state index in [0.29, 0.717) is 12.0 Å². The van der Waals surface area contributed by atoms with Crippen molar-refractivity contribution < 1.29 is 5.11 Å². The lowest BCUT2D eigenvalue weighted by Gasteiger charge is -2.40. The van der Waals surface area contributed by atoms with E-state index in [1.54, 1.807) is 0 Å². The van der Waals surface area contributed by atoms with Gasteiger partial charge in [0.15, 0.2) is 0 Å². The van der Waals surface area contributed by atoms with Crippen molar-refractivity contribution in [3.8, 4) is 0 Å². The molecule has 0 bridgehead atoms. The minimum atomic E-state index is -0.102. The van der Waals surface area contributed by atoms with E-state index < -0.39 is 0 Å². The van der Waals surface area contributed by atoms with E-state index in [-0.39, 0.29) is 12.1 Å². The summed E-state index contributed by atoms with van der Waals surface area (Å²) >= 11 is 0. The van der Waals surface area contributed by atoms with Gasteiger partial charge in [-0.15, -0.1) is 0 Å². The number of aliphatic hydroxyl groups is 1. The Bertz CT molecular complexity index is 266. The number of hydrogen-bond donors (Lipinski definition) is 2. The predicted octanol–water partition coefficient (Wildman–Crippen LogP) is 1.40. The highest BCUT2D eigenvalue weighted by atomic mass is 16.3. The van der Waals surface area contributed by atoms with E-state index in [1.165, 1.54) is 19.3 Å². The van der Waals surface area contributed by atoms with Crippen LogP contribution in [0.1, 0.15) is 40.0 Å². The summed E-state index contributed by atoms with van der Waals surface area (Å²) < 4.78 is 0. The summed E-state index contributed by atoms with van der Waals surface area (Å²) in [6, 6.07) is 0.417. The first-order valence-corrected chi connectivity index (χ1v) is 8.19. The van der Waals surface area contributed by atoms with E-state index in [4.69, 9.17) is 0 Å².